The lowest BCUT2D eigenvalue weighted by atomic mass is 10.1. The summed E-state index contributed by atoms with van der Waals surface area (Å²) in [7, 11) is 1.95. The summed E-state index contributed by atoms with van der Waals surface area (Å²) in [6.07, 6.45) is 8.06. The SMILES string of the molecule is CCc1cnn2c1NCCC2c1cnn(C)c1. The average molecular weight is 231 g/mol. The highest BCUT2D eigenvalue weighted by atomic mass is 15.4. The highest BCUT2D eigenvalue weighted by molar-refractivity contribution is 5.46. The van der Waals surface area contributed by atoms with Crippen molar-refractivity contribution in [1.82, 2.24) is 19.6 Å². The molecule has 0 radical (unpaired) electrons. The second-order valence-electron chi connectivity index (χ2n) is 4.50. The quantitative estimate of drug-likeness (QED) is 0.853. The van der Waals surface area contributed by atoms with Crippen LogP contribution in [0.25, 0.3) is 0 Å². The summed E-state index contributed by atoms with van der Waals surface area (Å²) in [4.78, 5) is 0. The molecule has 5 nitrogen and oxygen atoms in total. The van der Waals surface area contributed by atoms with Crippen LogP contribution in [0.3, 0.4) is 0 Å². The Hall–Kier alpha value is -1.78. The van der Waals surface area contributed by atoms with Gasteiger partial charge in [0, 0.05) is 30.9 Å². The minimum Gasteiger partial charge on any atom is -0.370 e. The lowest BCUT2D eigenvalue weighted by Gasteiger charge is -2.25. The number of nitrogens with zero attached hydrogens (tertiary/aromatic N) is 4. The van der Waals surface area contributed by atoms with E-state index in [1.54, 1.807) is 0 Å². The van der Waals surface area contributed by atoms with Crippen LogP contribution in [0.1, 0.15) is 30.5 Å². The monoisotopic (exact) mass is 231 g/mol. The zero-order valence-corrected chi connectivity index (χ0v) is 10.2. The van der Waals surface area contributed by atoms with Gasteiger partial charge in [-0.05, 0) is 12.8 Å². The lowest BCUT2D eigenvalue weighted by molar-refractivity contribution is 0.481. The van der Waals surface area contributed by atoms with Gasteiger partial charge in [-0.2, -0.15) is 10.2 Å². The van der Waals surface area contributed by atoms with E-state index in [4.69, 9.17) is 0 Å². The van der Waals surface area contributed by atoms with Gasteiger partial charge in [-0.3, -0.25) is 4.68 Å². The Labute approximate surface area is 100 Å². The van der Waals surface area contributed by atoms with Gasteiger partial charge in [0.05, 0.1) is 18.4 Å². The predicted molar refractivity (Wildman–Crippen MR) is 66.1 cm³/mol. The number of aromatic nitrogens is 4. The number of hydrogen-bond acceptors (Lipinski definition) is 3. The largest absolute Gasteiger partial charge is 0.370 e. The molecule has 0 spiro atoms. The van der Waals surface area contributed by atoms with Gasteiger partial charge in [-0.25, -0.2) is 4.68 Å². The van der Waals surface area contributed by atoms with Crippen LogP contribution in [0, 0.1) is 0 Å². The molecule has 1 N–H and O–H groups in total. The fraction of sp³-hybridized carbons (Fsp3) is 0.500. The van der Waals surface area contributed by atoms with E-state index in [1.165, 1.54) is 16.9 Å². The molecule has 1 unspecified atom stereocenters. The smallest absolute Gasteiger partial charge is 0.128 e. The number of nitrogens with one attached hydrogen (secondary N) is 1. The second-order valence-corrected chi connectivity index (χ2v) is 4.50. The molecule has 17 heavy (non-hydrogen) atoms. The van der Waals surface area contributed by atoms with Crippen molar-refractivity contribution in [2.45, 2.75) is 25.8 Å². The molecule has 3 rings (SSSR count). The van der Waals surface area contributed by atoms with Crippen LogP contribution in [0.5, 0.6) is 0 Å². The molecule has 3 heterocycles. The molecule has 0 amide bonds. The molecule has 2 aromatic rings. The summed E-state index contributed by atoms with van der Waals surface area (Å²) in [6, 6.07) is 0.320. The van der Waals surface area contributed by atoms with Gasteiger partial charge in [-0.1, -0.05) is 6.92 Å². The van der Waals surface area contributed by atoms with Crippen LogP contribution in [-0.2, 0) is 13.5 Å². The molecular weight excluding hydrogens is 214 g/mol. The molecule has 0 aliphatic carbocycles. The van der Waals surface area contributed by atoms with Crippen molar-refractivity contribution in [1.29, 1.82) is 0 Å². The zero-order chi connectivity index (χ0) is 11.8. The molecule has 1 aliphatic rings. The van der Waals surface area contributed by atoms with Gasteiger partial charge in [0.15, 0.2) is 0 Å². The van der Waals surface area contributed by atoms with Gasteiger partial charge in [0.25, 0.3) is 0 Å². The summed E-state index contributed by atoms with van der Waals surface area (Å²) in [5.41, 5.74) is 2.53. The Bertz CT molecular complexity index is 525. The van der Waals surface area contributed by atoms with E-state index in [0.29, 0.717) is 6.04 Å². The first-order chi connectivity index (χ1) is 8.29. The van der Waals surface area contributed by atoms with Crippen LogP contribution in [0.4, 0.5) is 5.82 Å². The van der Waals surface area contributed by atoms with Crippen molar-refractivity contribution in [3.63, 3.8) is 0 Å². The van der Waals surface area contributed by atoms with Crippen LogP contribution in [-0.4, -0.2) is 26.1 Å². The third kappa shape index (κ3) is 1.62. The van der Waals surface area contributed by atoms with Gasteiger partial charge < -0.3 is 5.32 Å². The van der Waals surface area contributed by atoms with Crippen molar-refractivity contribution in [3.8, 4) is 0 Å². The molecule has 1 aliphatic heterocycles. The fourth-order valence-electron chi connectivity index (χ4n) is 2.46. The molecule has 0 saturated carbocycles. The number of hydrogen-bond donors (Lipinski definition) is 1. The predicted octanol–water partition coefficient (Wildman–Crippen LogP) is 1.58. The maximum Gasteiger partial charge on any atom is 0.128 e. The van der Waals surface area contributed by atoms with E-state index in [2.05, 4.69) is 33.3 Å². The van der Waals surface area contributed by atoms with E-state index >= 15 is 0 Å². The molecule has 2 aromatic heterocycles. The maximum atomic E-state index is 4.51. The van der Waals surface area contributed by atoms with Crippen LogP contribution < -0.4 is 5.32 Å². The molecule has 0 saturated heterocycles. The first-order valence-electron chi connectivity index (χ1n) is 6.08. The second kappa shape index (κ2) is 3.91. The van der Waals surface area contributed by atoms with Crippen molar-refractivity contribution >= 4 is 5.82 Å². The minimum atomic E-state index is 0.320. The van der Waals surface area contributed by atoms with E-state index in [9.17, 15) is 0 Å². The van der Waals surface area contributed by atoms with Gasteiger partial charge >= 0.3 is 0 Å². The van der Waals surface area contributed by atoms with E-state index < -0.39 is 0 Å². The number of rotatable bonds is 2. The van der Waals surface area contributed by atoms with E-state index in [1.807, 2.05) is 24.1 Å². The van der Waals surface area contributed by atoms with Crippen molar-refractivity contribution in [3.05, 3.63) is 29.7 Å². The highest BCUT2D eigenvalue weighted by Gasteiger charge is 2.24. The van der Waals surface area contributed by atoms with Crippen molar-refractivity contribution < 1.29 is 0 Å². The summed E-state index contributed by atoms with van der Waals surface area (Å²) >= 11 is 0. The van der Waals surface area contributed by atoms with Crippen molar-refractivity contribution in [2.75, 3.05) is 11.9 Å². The van der Waals surface area contributed by atoms with Gasteiger partial charge in [0.2, 0.25) is 0 Å². The molecule has 1 atom stereocenters. The summed E-state index contributed by atoms with van der Waals surface area (Å²) in [5.74, 6) is 1.17. The molecule has 5 heteroatoms. The Balaban J connectivity index is 2.02. The van der Waals surface area contributed by atoms with Gasteiger partial charge in [-0.15, -0.1) is 0 Å². The highest BCUT2D eigenvalue weighted by Crippen LogP contribution is 2.30. The molecule has 90 valence electrons. The van der Waals surface area contributed by atoms with Crippen molar-refractivity contribution in [2.24, 2.45) is 7.05 Å². The molecule has 0 bridgehead atoms. The fourth-order valence-corrected chi connectivity index (χ4v) is 2.46. The first-order valence-corrected chi connectivity index (χ1v) is 6.08. The van der Waals surface area contributed by atoms with Crippen LogP contribution >= 0.6 is 0 Å². The minimum absolute atomic E-state index is 0.320. The van der Waals surface area contributed by atoms with E-state index in [-0.39, 0.29) is 0 Å². The normalized spacial score (nSPS) is 18.8. The average Bonchev–Trinajstić information content (AvgIpc) is 2.94. The summed E-state index contributed by atoms with van der Waals surface area (Å²) in [6.45, 7) is 3.16. The number of aryl methyl sites for hydroxylation is 2. The topological polar surface area (TPSA) is 47.7 Å². The standard InChI is InChI=1S/C12H17N5/c1-3-9-6-15-17-11(4-5-13-12(9)17)10-7-14-16(2)8-10/h6-8,11,13H,3-5H2,1-2H3. The Morgan fingerprint density at radius 2 is 2.29 bits per heavy atom. The van der Waals surface area contributed by atoms with Crippen LogP contribution in [0.15, 0.2) is 18.6 Å². The number of anilines is 1. The Kier molecular flexibility index (Phi) is 2.39. The third-order valence-electron chi connectivity index (χ3n) is 3.37. The van der Waals surface area contributed by atoms with Crippen LogP contribution in [0.2, 0.25) is 0 Å². The third-order valence-corrected chi connectivity index (χ3v) is 3.37. The molecular formula is C12H17N5. The number of fused-ring (bicyclic) bond motifs is 1. The summed E-state index contributed by atoms with van der Waals surface area (Å²) < 4.78 is 3.95. The molecule has 0 fully saturated rings. The summed E-state index contributed by atoms with van der Waals surface area (Å²) in [5, 5.41) is 12.2. The van der Waals surface area contributed by atoms with E-state index in [0.717, 1.165) is 19.4 Å². The Morgan fingerprint density at radius 1 is 1.41 bits per heavy atom. The Morgan fingerprint density at radius 3 is 3.00 bits per heavy atom. The van der Waals surface area contributed by atoms with Gasteiger partial charge in [0.1, 0.15) is 5.82 Å². The lowest BCUT2D eigenvalue weighted by Crippen LogP contribution is -2.24. The zero-order valence-electron chi connectivity index (χ0n) is 10.2. The molecule has 0 aromatic carbocycles. The maximum absolute atomic E-state index is 4.51. The first kappa shape index (κ1) is 10.4.